The third kappa shape index (κ3) is 4.10. The number of hydrogen-bond acceptors (Lipinski definition) is 8. The summed E-state index contributed by atoms with van der Waals surface area (Å²) >= 11 is 0. The van der Waals surface area contributed by atoms with Crippen LogP contribution in [-0.4, -0.2) is 71.6 Å². The molecule has 2 aromatic carbocycles. The Hall–Kier alpha value is -3.07. The second-order valence-corrected chi connectivity index (χ2v) is 7.60. The van der Waals surface area contributed by atoms with Gasteiger partial charge in [0.2, 0.25) is 5.75 Å². The first-order valence-corrected chi connectivity index (χ1v) is 10.2. The number of aliphatic hydroxyl groups excluding tert-OH is 1. The summed E-state index contributed by atoms with van der Waals surface area (Å²) < 4.78 is 11.3. The fraction of sp³-hybridized carbons (Fsp3) is 0.348. The molecular formula is C23H26N2O6. The number of phenolic OH excluding ortho intramolecular Hbond substituents is 2. The molecule has 164 valence electrons. The van der Waals surface area contributed by atoms with Crippen LogP contribution in [0.5, 0.6) is 17.2 Å². The standard InChI is InChI=1S/C23H26N2O6/c1-30-23-21(29)16(14-25-9-7-24(8-10-25)11-12-26)20(28)19-17(27)13-18(31-22(19)23)15-5-3-2-4-6-15/h2-6,13,26,28-29H,7-12,14H2,1H3. The molecule has 2 heterocycles. The Balaban J connectivity index is 1.75. The van der Waals surface area contributed by atoms with Gasteiger partial charge in [-0.15, -0.1) is 0 Å². The molecule has 0 unspecified atom stereocenters. The van der Waals surface area contributed by atoms with Crippen LogP contribution in [0.3, 0.4) is 0 Å². The van der Waals surface area contributed by atoms with Gasteiger partial charge >= 0.3 is 0 Å². The fourth-order valence-corrected chi connectivity index (χ4v) is 4.01. The summed E-state index contributed by atoms with van der Waals surface area (Å²) in [7, 11) is 1.39. The minimum absolute atomic E-state index is 0.0109. The van der Waals surface area contributed by atoms with Crippen LogP contribution in [0.25, 0.3) is 22.3 Å². The normalized spacial score (nSPS) is 15.4. The molecule has 8 heteroatoms. The predicted molar refractivity (Wildman–Crippen MR) is 117 cm³/mol. The van der Waals surface area contributed by atoms with Crippen molar-refractivity contribution in [2.45, 2.75) is 6.54 Å². The van der Waals surface area contributed by atoms with Crippen LogP contribution in [0.15, 0.2) is 45.6 Å². The van der Waals surface area contributed by atoms with Gasteiger partial charge in [-0.2, -0.15) is 0 Å². The highest BCUT2D eigenvalue weighted by atomic mass is 16.5. The maximum atomic E-state index is 12.9. The average Bonchev–Trinajstić information content (AvgIpc) is 2.78. The summed E-state index contributed by atoms with van der Waals surface area (Å²) in [6, 6.07) is 10.5. The van der Waals surface area contributed by atoms with E-state index in [1.54, 1.807) is 12.1 Å². The molecule has 0 bridgehead atoms. The second-order valence-electron chi connectivity index (χ2n) is 7.60. The molecule has 8 nitrogen and oxygen atoms in total. The zero-order valence-corrected chi connectivity index (χ0v) is 17.4. The molecule has 31 heavy (non-hydrogen) atoms. The summed E-state index contributed by atoms with van der Waals surface area (Å²) in [4.78, 5) is 17.2. The Bertz CT molecular complexity index is 1120. The van der Waals surface area contributed by atoms with Gasteiger partial charge in [0, 0.05) is 50.9 Å². The van der Waals surface area contributed by atoms with Crippen LogP contribution in [0.1, 0.15) is 5.56 Å². The number of nitrogens with zero attached hydrogens (tertiary/aromatic N) is 2. The number of ether oxygens (including phenoxy) is 1. The van der Waals surface area contributed by atoms with E-state index in [1.807, 2.05) is 18.2 Å². The molecule has 4 rings (SSSR count). The van der Waals surface area contributed by atoms with Crippen LogP contribution in [-0.2, 0) is 6.54 Å². The maximum absolute atomic E-state index is 12.9. The number of aromatic hydroxyl groups is 2. The minimum Gasteiger partial charge on any atom is -0.507 e. The highest BCUT2D eigenvalue weighted by molar-refractivity contribution is 5.93. The summed E-state index contributed by atoms with van der Waals surface area (Å²) in [6.07, 6.45) is 0. The lowest BCUT2D eigenvalue weighted by Gasteiger charge is -2.34. The van der Waals surface area contributed by atoms with Gasteiger partial charge in [0.1, 0.15) is 16.9 Å². The van der Waals surface area contributed by atoms with E-state index < -0.39 is 5.43 Å². The first-order chi connectivity index (χ1) is 15.0. The van der Waals surface area contributed by atoms with Gasteiger partial charge in [-0.05, 0) is 0 Å². The van der Waals surface area contributed by atoms with E-state index in [-0.39, 0.29) is 46.9 Å². The number of methoxy groups -OCH3 is 1. The first-order valence-electron chi connectivity index (χ1n) is 10.2. The van der Waals surface area contributed by atoms with Crippen molar-refractivity contribution in [2.24, 2.45) is 0 Å². The molecule has 1 aromatic heterocycles. The molecule has 1 aliphatic heterocycles. The van der Waals surface area contributed by atoms with E-state index in [9.17, 15) is 15.0 Å². The van der Waals surface area contributed by atoms with Crippen LogP contribution >= 0.6 is 0 Å². The van der Waals surface area contributed by atoms with Gasteiger partial charge in [-0.3, -0.25) is 14.6 Å². The van der Waals surface area contributed by atoms with Crippen molar-refractivity contribution in [3.05, 3.63) is 52.2 Å². The van der Waals surface area contributed by atoms with Crippen molar-refractivity contribution < 1.29 is 24.5 Å². The number of fused-ring (bicyclic) bond motifs is 1. The third-order valence-electron chi connectivity index (χ3n) is 5.70. The molecule has 3 aromatic rings. The molecule has 0 spiro atoms. The largest absolute Gasteiger partial charge is 0.507 e. The quantitative estimate of drug-likeness (QED) is 0.550. The molecular weight excluding hydrogens is 400 g/mol. The Labute approximate surface area is 179 Å². The number of β-amino-alcohol motifs (C(OH)–C–C–N with tert-alkyl or cyclic N) is 1. The first kappa shape index (κ1) is 21.2. The Kier molecular flexibility index (Phi) is 6.13. The number of phenols is 2. The van der Waals surface area contributed by atoms with Crippen LogP contribution < -0.4 is 10.2 Å². The molecule has 0 amide bonds. The topological polar surface area (TPSA) is 107 Å². The zero-order valence-electron chi connectivity index (χ0n) is 17.4. The van der Waals surface area contributed by atoms with Crippen molar-refractivity contribution >= 4 is 11.0 Å². The number of rotatable bonds is 6. The number of benzene rings is 2. The third-order valence-corrected chi connectivity index (χ3v) is 5.70. The highest BCUT2D eigenvalue weighted by Crippen LogP contribution is 2.45. The summed E-state index contributed by atoms with van der Waals surface area (Å²) in [5.41, 5.74) is 0.539. The van der Waals surface area contributed by atoms with Crippen LogP contribution in [0.4, 0.5) is 0 Å². The van der Waals surface area contributed by atoms with Crippen LogP contribution in [0, 0.1) is 0 Å². The van der Waals surface area contributed by atoms with Crippen molar-refractivity contribution in [3.63, 3.8) is 0 Å². The Morgan fingerprint density at radius 2 is 1.71 bits per heavy atom. The molecule has 1 saturated heterocycles. The lowest BCUT2D eigenvalue weighted by Crippen LogP contribution is -2.46. The van der Waals surface area contributed by atoms with Crippen LogP contribution in [0.2, 0.25) is 0 Å². The summed E-state index contributed by atoms with van der Waals surface area (Å²) in [5, 5.41) is 30.9. The van der Waals surface area contributed by atoms with Crippen molar-refractivity contribution in [1.29, 1.82) is 0 Å². The Morgan fingerprint density at radius 1 is 1.03 bits per heavy atom. The van der Waals surface area contributed by atoms with Gasteiger partial charge in [0.15, 0.2) is 16.8 Å². The van der Waals surface area contributed by atoms with Gasteiger partial charge in [-0.1, -0.05) is 30.3 Å². The van der Waals surface area contributed by atoms with Crippen molar-refractivity contribution in [3.8, 4) is 28.6 Å². The number of hydrogen-bond donors (Lipinski definition) is 3. The van der Waals surface area contributed by atoms with Gasteiger partial charge in [-0.25, -0.2) is 0 Å². The summed E-state index contributed by atoms with van der Waals surface area (Å²) in [5.74, 6) is -0.183. The second kappa shape index (κ2) is 8.97. The minimum atomic E-state index is -0.412. The van der Waals surface area contributed by atoms with Crippen molar-refractivity contribution in [1.82, 2.24) is 9.80 Å². The zero-order chi connectivity index (χ0) is 22.0. The lowest BCUT2D eigenvalue weighted by atomic mass is 10.0. The van der Waals surface area contributed by atoms with E-state index in [0.717, 1.165) is 13.1 Å². The van der Waals surface area contributed by atoms with Gasteiger partial charge in [0.05, 0.1) is 19.3 Å². The van der Waals surface area contributed by atoms with E-state index >= 15 is 0 Å². The fourth-order valence-electron chi connectivity index (χ4n) is 4.01. The van der Waals surface area contributed by atoms with E-state index in [2.05, 4.69) is 9.80 Å². The summed E-state index contributed by atoms with van der Waals surface area (Å²) in [6.45, 7) is 3.96. The molecule has 0 aliphatic carbocycles. The smallest absolute Gasteiger partial charge is 0.205 e. The van der Waals surface area contributed by atoms with E-state index in [4.69, 9.17) is 14.3 Å². The number of aliphatic hydroxyl groups is 1. The molecule has 0 atom stereocenters. The van der Waals surface area contributed by atoms with Gasteiger partial charge < -0.3 is 24.5 Å². The SMILES string of the molecule is COc1c(O)c(CN2CCN(CCO)CC2)c(O)c2c(=O)cc(-c3ccccc3)oc12. The maximum Gasteiger partial charge on any atom is 0.205 e. The average molecular weight is 426 g/mol. The molecule has 1 fully saturated rings. The predicted octanol–water partition coefficient (Wildman–Crippen LogP) is 1.99. The van der Waals surface area contributed by atoms with E-state index in [0.29, 0.717) is 31.0 Å². The number of piperazine rings is 1. The lowest BCUT2D eigenvalue weighted by molar-refractivity contribution is 0.107. The molecule has 0 radical (unpaired) electrons. The van der Waals surface area contributed by atoms with Gasteiger partial charge in [0.25, 0.3) is 0 Å². The monoisotopic (exact) mass is 426 g/mol. The Morgan fingerprint density at radius 3 is 2.35 bits per heavy atom. The molecule has 3 N–H and O–H groups in total. The highest BCUT2D eigenvalue weighted by Gasteiger charge is 2.27. The molecule has 0 saturated carbocycles. The van der Waals surface area contributed by atoms with E-state index in [1.165, 1.54) is 13.2 Å². The molecule has 1 aliphatic rings. The van der Waals surface area contributed by atoms with Crippen molar-refractivity contribution in [2.75, 3.05) is 46.4 Å².